The van der Waals surface area contributed by atoms with Crippen LogP contribution in [0.4, 0.5) is 0 Å². The molecule has 3 aromatic rings. The molecule has 134 valence electrons. The summed E-state index contributed by atoms with van der Waals surface area (Å²) in [5.74, 6) is 0. The predicted octanol–water partition coefficient (Wildman–Crippen LogP) is 8.64. The minimum Gasteiger partial charge on any atom is -0.139 e. The van der Waals surface area contributed by atoms with E-state index in [1.54, 1.807) is 0 Å². The molecule has 0 saturated carbocycles. The molecule has 0 radical (unpaired) electrons. The Morgan fingerprint density at radius 2 is 0.920 bits per heavy atom. The van der Waals surface area contributed by atoms with Crippen molar-refractivity contribution in [1.29, 1.82) is 0 Å². The maximum Gasteiger partial charge on any atom is 0.0449 e. The maximum atomic E-state index is 3.51. The summed E-state index contributed by atoms with van der Waals surface area (Å²) in [5, 5.41) is 2.22. The van der Waals surface area contributed by atoms with E-state index in [4.69, 9.17) is 0 Å². The Kier molecular flexibility index (Phi) is 8.25. The lowest BCUT2D eigenvalue weighted by atomic mass is 10.2. The molecule has 0 aliphatic heterocycles. The molecule has 0 aromatic carbocycles. The zero-order valence-corrected chi connectivity index (χ0v) is 19.7. The Balaban J connectivity index is 1.64. The van der Waals surface area contributed by atoms with Gasteiger partial charge in [0.2, 0.25) is 0 Å². The first-order valence-corrected chi connectivity index (χ1v) is 13.4. The molecule has 0 aliphatic rings. The molecular formula is C20H22Br2S3. The largest absolute Gasteiger partial charge is 0.139 e. The third kappa shape index (κ3) is 5.77. The monoisotopic (exact) mass is 516 g/mol. The van der Waals surface area contributed by atoms with Crippen molar-refractivity contribution >= 4 is 65.9 Å². The van der Waals surface area contributed by atoms with Crippen LogP contribution in [0.2, 0.25) is 0 Å². The number of hydrogen-bond acceptors (Lipinski definition) is 3. The Bertz CT molecular complexity index is 707. The molecule has 0 atom stereocenters. The normalized spacial score (nSPS) is 11.3. The van der Waals surface area contributed by atoms with Crippen LogP contribution in [0, 0.1) is 0 Å². The highest BCUT2D eigenvalue weighted by molar-refractivity contribution is 9.09. The van der Waals surface area contributed by atoms with E-state index in [0.29, 0.717) is 0 Å². The number of rotatable bonds is 10. The molecule has 0 fully saturated rings. The third-order valence-corrected chi connectivity index (χ3v) is 8.92. The van der Waals surface area contributed by atoms with Crippen molar-refractivity contribution in [1.82, 2.24) is 0 Å². The predicted molar refractivity (Wildman–Crippen MR) is 124 cm³/mol. The van der Waals surface area contributed by atoms with Crippen molar-refractivity contribution in [2.75, 3.05) is 10.7 Å². The van der Waals surface area contributed by atoms with Crippen LogP contribution in [0.15, 0.2) is 36.4 Å². The number of alkyl halides is 2. The van der Waals surface area contributed by atoms with Crippen LogP contribution in [0.25, 0.3) is 19.5 Å². The molecule has 0 N–H and O–H groups in total. The summed E-state index contributed by atoms with van der Waals surface area (Å²) in [6.07, 6.45) is 7.47. The van der Waals surface area contributed by atoms with Crippen LogP contribution in [0.3, 0.4) is 0 Å². The van der Waals surface area contributed by atoms with Gasteiger partial charge in [-0.1, -0.05) is 31.9 Å². The van der Waals surface area contributed by atoms with Crippen molar-refractivity contribution in [2.45, 2.75) is 38.5 Å². The summed E-state index contributed by atoms with van der Waals surface area (Å²) >= 11 is 12.9. The first kappa shape index (κ1) is 19.8. The van der Waals surface area contributed by atoms with Gasteiger partial charge >= 0.3 is 0 Å². The van der Waals surface area contributed by atoms with Gasteiger partial charge in [0.15, 0.2) is 0 Å². The lowest BCUT2D eigenvalue weighted by molar-refractivity contribution is 0.816. The van der Waals surface area contributed by atoms with Crippen molar-refractivity contribution in [2.24, 2.45) is 0 Å². The van der Waals surface area contributed by atoms with E-state index in [2.05, 4.69) is 68.3 Å². The molecule has 25 heavy (non-hydrogen) atoms. The molecular weight excluding hydrogens is 496 g/mol. The van der Waals surface area contributed by atoms with Gasteiger partial charge in [-0.05, 0) is 74.9 Å². The molecule has 0 nitrogen and oxygen atoms in total. The quantitative estimate of drug-likeness (QED) is 0.186. The van der Waals surface area contributed by atoms with Crippen LogP contribution in [0.5, 0.6) is 0 Å². The van der Waals surface area contributed by atoms with E-state index in [-0.39, 0.29) is 0 Å². The Hall–Kier alpha value is 0.0600. The van der Waals surface area contributed by atoms with Gasteiger partial charge in [0, 0.05) is 39.9 Å². The lowest BCUT2D eigenvalue weighted by Crippen LogP contribution is -1.80. The van der Waals surface area contributed by atoms with E-state index < -0.39 is 0 Å². The summed E-state index contributed by atoms with van der Waals surface area (Å²) in [6.45, 7) is 0. The molecule has 0 saturated heterocycles. The van der Waals surface area contributed by atoms with Gasteiger partial charge in [-0.3, -0.25) is 0 Å². The first-order chi connectivity index (χ1) is 12.3. The van der Waals surface area contributed by atoms with Crippen LogP contribution in [0.1, 0.15) is 35.4 Å². The van der Waals surface area contributed by atoms with Crippen LogP contribution >= 0.6 is 65.9 Å². The topological polar surface area (TPSA) is 0 Å². The second-order valence-corrected chi connectivity index (χ2v) is 11.0. The summed E-state index contributed by atoms with van der Waals surface area (Å²) in [7, 11) is 0. The maximum absolute atomic E-state index is 3.51. The Labute approximate surface area is 179 Å². The molecule has 0 bridgehead atoms. The Morgan fingerprint density at radius 1 is 0.520 bits per heavy atom. The second kappa shape index (κ2) is 10.4. The van der Waals surface area contributed by atoms with Gasteiger partial charge in [-0.15, -0.1) is 34.0 Å². The highest BCUT2D eigenvalue weighted by atomic mass is 79.9. The van der Waals surface area contributed by atoms with E-state index in [1.165, 1.54) is 67.8 Å². The highest BCUT2D eigenvalue weighted by Crippen LogP contribution is 2.40. The first-order valence-electron chi connectivity index (χ1n) is 8.70. The van der Waals surface area contributed by atoms with Crippen molar-refractivity contribution < 1.29 is 0 Å². The molecule has 3 aromatic heterocycles. The fraction of sp³-hybridized carbons (Fsp3) is 0.400. The van der Waals surface area contributed by atoms with Crippen LogP contribution in [-0.4, -0.2) is 10.7 Å². The fourth-order valence-electron chi connectivity index (χ4n) is 2.68. The van der Waals surface area contributed by atoms with Gasteiger partial charge in [0.25, 0.3) is 0 Å². The summed E-state index contributed by atoms with van der Waals surface area (Å²) in [5.41, 5.74) is 0. The van der Waals surface area contributed by atoms with E-state index in [0.717, 1.165) is 10.7 Å². The van der Waals surface area contributed by atoms with Crippen molar-refractivity contribution in [3.8, 4) is 19.5 Å². The molecule has 0 spiro atoms. The number of halogens is 2. The smallest absolute Gasteiger partial charge is 0.0449 e. The van der Waals surface area contributed by atoms with Gasteiger partial charge in [-0.25, -0.2) is 0 Å². The zero-order valence-electron chi connectivity index (χ0n) is 14.1. The minimum atomic E-state index is 1.11. The number of unbranched alkanes of at least 4 members (excludes halogenated alkanes) is 2. The number of thiophene rings is 3. The molecule has 3 heterocycles. The second-order valence-electron chi connectivity index (χ2n) is 5.99. The van der Waals surface area contributed by atoms with Crippen molar-refractivity contribution in [3.63, 3.8) is 0 Å². The highest BCUT2D eigenvalue weighted by Gasteiger charge is 2.09. The van der Waals surface area contributed by atoms with Crippen molar-refractivity contribution in [3.05, 3.63) is 46.2 Å². The van der Waals surface area contributed by atoms with E-state index in [9.17, 15) is 0 Å². The van der Waals surface area contributed by atoms with Crippen LogP contribution in [-0.2, 0) is 12.8 Å². The standard InChI is InChI=1S/C20H22Br2S3/c21-13-3-1-5-15-7-9-17(23-15)19-11-12-20(25-19)18-10-8-16(24-18)6-2-4-14-22/h7-12H,1-6,13-14H2. The summed E-state index contributed by atoms with van der Waals surface area (Å²) < 4.78 is 0. The molecule has 0 amide bonds. The van der Waals surface area contributed by atoms with Gasteiger partial charge in [0.05, 0.1) is 0 Å². The summed E-state index contributed by atoms with van der Waals surface area (Å²) in [6, 6.07) is 13.8. The number of hydrogen-bond donors (Lipinski definition) is 0. The number of aryl methyl sites for hydroxylation is 2. The lowest BCUT2D eigenvalue weighted by Gasteiger charge is -1.95. The zero-order chi connectivity index (χ0) is 17.5. The molecule has 5 heteroatoms. The van der Waals surface area contributed by atoms with Crippen LogP contribution < -0.4 is 0 Å². The average Bonchev–Trinajstić information content (AvgIpc) is 3.35. The summed E-state index contributed by atoms with van der Waals surface area (Å²) in [4.78, 5) is 8.66. The Morgan fingerprint density at radius 3 is 1.36 bits per heavy atom. The average molecular weight is 518 g/mol. The van der Waals surface area contributed by atoms with Gasteiger partial charge in [0.1, 0.15) is 0 Å². The van der Waals surface area contributed by atoms with E-state index in [1.807, 2.05) is 34.0 Å². The molecule has 3 rings (SSSR count). The van der Waals surface area contributed by atoms with Gasteiger partial charge in [-0.2, -0.15) is 0 Å². The van der Waals surface area contributed by atoms with Gasteiger partial charge < -0.3 is 0 Å². The SMILES string of the molecule is BrCCCCc1ccc(-c2ccc(-c3ccc(CCCCBr)s3)s2)s1. The molecule has 0 aliphatic carbocycles. The molecule has 0 unspecified atom stereocenters. The fourth-order valence-corrected chi connectivity index (χ4v) is 6.76. The minimum absolute atomic E-state index is 1.11. The van der Waals surface area contributed by atoms with E-state index >= 15 is 0 Å². The third-order valence-electron chi connectivity index (χ3n) is 4.03.